The van der Waals surface area contributed by atoms with Gasteiger partial charge >= 0.3 is 0 Å². The zero-order valence-electron chi connectivity index (χ0n) is 14.6. The van der Waals surface area contributed by atoms with E-state index in [4.69, 9.17) is 21.7 Å². The summed E-state index contributed by atoms with van der Waals surface area (Å²) >= 11 is 5.27. The Balaban J connectivity index is 1.66. The van der Waals surface area contributed by atoms with Crippen molar-refractivity contribution >= 4 is 18.4 Å². The molecule has 1 aromatic carbocycles. The van der Waals surface area contributed by atoms with Gasteiger partial charge < -0.3 is 9.47 Å². The van der Waals surface area contributed by atoms with Crippen LogP contribution in [0.5, 0.6) is 5.75 Å². The van der Waals surface area contributed by atoms with E-state index in [-0.39, 0.29) is 6.10 Å². The quantitative estimate of drug-likeness (QED) is 0.596. The maximum Gasteiger partial charge on any atom is 0.216 e. The van der Waals surface area contributed by atoms with Crippen molar-refractivity contribution in [2.45, 2.75) is 39.2 Å². The first-order valence-corrected chi connectivity index (χ1v) is 9.10. The maximum atomic E-state index is 5.73. The summed E-state index contributed by atoms with van der Waals surface area (Å²) in [4.78, 5) is 0. The first-order chi connectivity index (χ1) is 12.1. The minimum absolute atomic E-state index is 0.0400. The van der Waals surface area contributed by atoms with Gasteiger partial charge in [0.25, 0.3) is 0 Å². The van der Waals surface area contributed by atoms with Crippen LogP contribution in [0, 0.1) is 10.7 Å². The first kappa shape index (κ1) is 17.8. The summed E-state index contributed by atoms with van der Waals surface area (Å²) in [5.41, 5.74) is 0.970. The number of aromatic nitrogens is 3. The number of hydrogen-bond donors (Lipinski definition) is 1. The molecule has 1 atom stereocenters. The third kappa shape index (κ3) is 4.76. The van der Waals surface area contributed by atoms with Crippen molar-refractivity contribution in [2.75, 3.05) is 13.2 Å². The summed E-state index contributed by atoms with van der Waals surface area (Å²) in [6, 6.07) is 7.86. The molecule has 1 fully saturated rings. The molecule has 1 aliphatic rings. The highest BCUT2D eigenvalue weighted by Gasteiger charge is 2.23. The second-order valence-corrected chi connectivity index (χ2v) is 6.93. The molecule has 0 aliphatic carbocycles. The Morgan fingerprint density at radius 3 is 2.92 bits per heavy atom. The molecule has 1 saturated heterocycles. The summed E-state index contributed by atoms with van der Waals surface area (Å²) in [6.45, 7) is 5.87. The molecule has 2 aromatic rings. The Kier molecular flexibility index (Phi) is 5.99. The molecule has 2 heterocycles. The van der Waals surface area contributed by atoms with Gasteiger partial charge in [0.05, 0.1) is 12.8 Å². The number of nitrogens with zero attached hydrogens (tertiary/aromatic N) is 3. The lowest BCUT2D eigenvalue weighted by Crippen LogP contribution is -2.05. The minimum Gasteiger partial charge on any atom is -0.494 e. The number of hydrogen-bond acceptors (Lipinski definition) is 5. The summed E-state index contributed by atoms with van der Waals surface area (Å²) in [5, 5.41) is 11.5. The molecule has 7 heteroatoms. The number of aromatic amines is 1. The molecule has 1 aliphatic heterocycles. The summed E-state index contributed by atoms with van der Waals surface area (Å²) < 4.78 is 13.5. The molecule has 0 saturated carbocycles. The zero-order valence-corrected chi connectivity index (χ0v) is 15.5. The van der Waals surface area contributed by atoms with E-state index in [1.807, 2.05) is 24.3 Å². The highest BCUT2D eigenvalue weighted by molar-refractivity contribution is 7.71. The van der Waals surface area contributed by atoms with Crippen molar-refractivity contribution in [2.24, 2.45) is 11.0 Å². The highest BCUT2D eigenvalue weighted by atomic mass is 32.1. The lowest BCUT2D eigenvalue weighted by atomic mass is 10.1. The van der Waals surface area contributed by atoms with Crippen LogP contribution in [0.25, 0.3) is 0 Å². The average molecular weight is 360 g/mol. The van der Waals surface area contributed by atoms with Gasteiger partial charge in [0.1, 0.15) is 11.9 Å². The largest absolute Gasteiger partial charge is 0.494 e. The lowest BCUT2D eigenvalue weighted by molar-refractivity contribution is 0.102. The SMILES string of the molecule is CC(C)CCOc1ccc(/C=N\n2c([C@H]3CCCO3)n[nH]c2=S)cc1. The van der Waals surface area contributed by atoms with Crippen molar-refractivity contribution in [3.63, 3.8) is 0 Å². The van der Waals surface area contributed by atoms with Gasteiger partial charge in [0, 0.05) is 6.61 Å². The minimum atomic E-state index is -0.0400. The van der Waals surface area contributed by atoms with E-state index in [9.17, 15) is 0 Å². The molecule has 25 heavy (non-hydrogen) atoms. The van der Waals surface area contributed by atoms with Gasteiger partial charge in [0.15, 0.2) is 5.82 Å². The second-order valence-electron chi connectivity index (χ2n) is 6.55. The van der Waals surface area contributed by atoms with Crippen LogP contribution in [0.4, 0.5) is 0 Å². The van der Waals surface area contributed by atoms with Crippen LogP contribution in [0.3, 0.4) is 0 Å². The molecule has 6 nitrogen and oxygen atoms in total. The van der Waals surface area contributed by atoms with E-state index in [0.29, 0.717) is 10.7 Å². The fourth-order valence-corrected chi connectivity index (χ4v) is 2.78. The van der Waals surface area contributed by atoms with Gasteiger partial charge in [-0.1, -0.05) is 13.8 Å². The van der Waals surface area contributed by atoms with Gasteiger partial charge in [-0.3, -0.25) is 5.10 Å². The maximum absolute atomic E-state index is 5.73. The van der Waals surface area contributed by atoms with Crippen molar-refractivity contribution in [1.82, 2.24) is 14.9 Å². The molecular weight excluding hydrogens is 336 g/mol. The molecule has 0 amide bonds. The lowest BCUT2D eigenvalue weighted by Gasteiger charge is -2.08. The predicted octanol–water partition coefficient (Wildman–Crippen LogP) is 4.10. The number of benzene rings is 1. The van der Waals surface area contributed by atoms with Crippen LogP contribution in [-0.4, -0.2) is 34.3 Å². The Morgan fingerprint density at radius 1 is 1.44 bits per heavy atom. The highest BCUT2D eigenvalue weighted by Crippen LogP contribution is 2.27. The normalized spacial score (nSPS) is 17.6. The molecule has 0 radical (unpaired) electrons. The third-order valence-corrected chi connectivity index (χ3v) is 4.32. The molecule has 1 aromatic heterocycles. The summed E-state index contributed by atoms with van der Waals surface area (Å²) in [5.74, 6) is 2.24. The first-order valence-electron chi connectivity index (χ1n) is 8.69. The molecule has 134 valence electrons. The average Bonchev–Trinajstić information content (AvgIpc) is 3.23. The van der Waals surface area contributed by atoms with Crippen LogP contribution in [0.15, 0.2) is 29.4 Å². The van der Waals surface area contributed by atoms with Crippen molar-refractivity contribution in [3.05, 3.63) is 40.4 Å². The van der Waals surface area contributed by atoms with E-state index in [1.165, 1.54) is 0 Å². The standard InChI is InChI=1S/C18H24N4O2S/c1-13(2)9-11-23-15-7-5-14(6-8-15)12-19-22-17(20-21-18(22)25)16-4-3-10-24-16/h5-8,12-13,16H,3-4,9-11H2,1-2H3,(H,21,25)/b19-12-/t16-/m1/s1. The molecular formula is C18H24N4O2S. The van der Waals surface area contributed by atoms with Gasteiger partial charge in [-0.25, -0.2) is 0 Å². The number of H-pyrrole nitrogens is 1. The van der Waals surface area contributed by atoms with Crippen molar-refractivity contribution < 1.29 is 9.47 Å². The van der Waals surface area contributed by atoms with Crippen LogP contribution >= 0.6 is 12.2 Å². The smallest absolute Gasteiger partial charge is 0.216 e. The number of rotatable bonds is 7. The Hall–Kier alpha value is -1.99. The summed E-state index contributed by atoms with van der Waals surface area (Å²) in [7, 11) is 0. The molecule has 0 unspecified atom stereocenters. The van der Waals surface area contributed by atoms with E-state index in [1.54, 1.807) is 10.9 Å². The molecule has 3 rings (SSSR count). The van der Waals surface area contributed by atoms with Gasteiger partial charge in [-0.2, -0.15) is 14.9 Å². The summed E-state index contributed by atoms with van der Waals surface area (Å²) in [6.07, 6.45) is 4.75. The zero-order chi connectivity index (χ0) is 17.6. The molecule has 0 spiro atoms. The monoisotopic (exact) mass is 360 g/mol. The fraction of sp³-hybridized carbons (Fsp3) is 0.500. The number of ether oxygens (including phenoxy) is 2. The van der Waals surface area contributed by atoms with E-state index < -0.39 is 0 Å². The van der Waals surface area contributed by atoms with E-state index >= 15 is 0 Å². The second kappa shape index (κ2) is 8.40. The van der Waals surface area contributed by atoms with Crippen LogP contribution in [0.2, 0.25) is 0 Å². The van der Waals surface area contributed by atoms with Gasteiger partial charge in [0.2, 0.25) is 4.77 Å². The Bertz CT molecular complexity index is 758. The predicted molar refractivity (Wildman–Crippen MR) is 99.7 cm³/mol. The van der Waals surface area contributed by atoms with Crippen molar-refractivity contribution in [1.29, 1.82) is 0 Å². The van der Waals surface area contributed by atoms with Gasteiger partial charge in [-0.15, -0.1) is 0 Å². The van der Waals surface area contributed by atoms with Crippen LogP contribution in [-0.2, 0) is 4.74 Å². The van der Waals surface area contributed by atoms with Gasteiger partial charge in [-0.05, 0) is 67.2 Å². The third-order valence-electron chi connectivity index (χ3n) is 4.06. The molecule has 1 N–H and O–H groups in total. The topological polar surface area (TPSA) is 64.4 Å². The number of nitrogens with one attached hydrogen (secondary N) is 1. The molecule has 0 bridgehead atoms. The van der Waals surface area contributed by atoms with Crippen molar-refractivity contribution in [3.8, 4) is 5.75 Å². The van der Waals surface area contributed by atoms with E-state index in [2.05, 4.69) is 29.1 Å². The fourth-order valence-electron chi connectivity index (χ4n) is 2.59. The Morgan fingerprint density at radius 2 is 2.24 bits per heavy atom. The Labute approximate surface area is 152 Å². The van der Waals surface area contributed by atoms with Crippen LogP contribution < -0.4 is 4.74 Å². The van der Waals surface area contributed by atoms with E-state index in [0.717, 1.165) is 49.6 Å². The van der Waals surface area contributed by atoms with Crippen LogP contribution in [0.1, 0.15) is 50.6 Å².